The van der Waals surface area contributed by atoms with Gasteiger partial charge >= 0.3 is 17.9 Å². The number of rotatable bonds is 50. The molecule has 0 heterocycles. The van der Waals surface area contributed by atoms with Crippen LogP contribution in [0.5, 0.6) is 0 Å². The van der Waals surface area contributed by atoms with Crippen molar-refractivity contribution in [2.75, 3.05) is 13.2 Å². The van der Waals surface area contributed by atoms with Gasteiger partial charge in [0.2, 0.25) is 0 Å². The van der Waals surface area contributed by atoms with Crippen LogP contribution in [0, 0.1) is 0 Å². The first-order chi connectivity index (χ1) is 32.0. The molecule has 6 nitrogen and oxygen atoms in total. The van der Waals surface area contributed by atoms with Gasteiger partial charge in [0, 0.05) is 19.3 Å². The van der Waals surface area contributed by atoms with Gasteiger partial charge in [-0.15, -0.1) is 0 Å². The van der Waals surface area contributed by atoms with Crippen molar-refractivity contribution in [3.8, 4) is 0 Å². The fourth-order valence-electron chi connectivity index (χ4n) is 7.78. The third-order valence-electron chi connectivity index (χ3n) is 12.0. The van der Waals surface area contributed by atoms with Crippen LogP contribution in [0.25, 0.3) is 0 Å². The summed E-state index contributed by atoms with van der Waals surface area (Å²) < 4.78 is 16.8. The van der Waals surface area contributed by atoms with Gasteiger partial charge < -0.3 is 14.2 Å². The third-order valence-corrected chi connectivity index (χ3v) is 12.0. The molecule has 0 amide bonds. The van der Waals surface area contributed by atoms with Gasteiger partial charge in [0.05, 0.1) is 0 Å². The minimum atomic E-state index is -0.798. The number of unbranched alkanes of at least 4 members (excludes halogenated alkanes) is 29. The zero-order valence-electron chi connectivity index (χ0n) is 43.0. The summed E-state index contributed by atoms with van der Waals surface area (Å²) in [4.78, 5) is 38.1. The maximum Gasteiger partial charge on any atom is 0.306 e. The quantitative estimate of drug-likeness (QED) is 0.0262. The summed E-state index contributed by atoms with van der Waals surface area (Å²) in [6, 6.07) is 0. The molecular formula is C59H104O6. The third kappa shape index (κ3) is 51.9. The first-order valence-corrected chi connectivity index (χ1v) is 27.8. The second kappa shape index (κ2) is 53.7. The van der Waals surface area contributed by atoms with E-state index in [0.717, 1.165) is 77.0 Å². The Bertz CT molecular complexity index is 1180. The van der Waals surface area contributed by atoms with E-state index in [-0.39, 0.29) is 37.5 Å². The number of hydrogen-bond acceptors (Lipinski definition) is 6. The first kappa shape index (κ1) is 62.1. The lowest BCUT2D eigenvalue weighted by molar-refractivity contribution is -0.167. The minimum absolute atomic E-state index is 0.0921. The van der Waals surface area contributed by atoms with Gasteiger partial charge in [0.25, 0.3) is 0 Å². The highest BCUT2D eigenvalue weighted by Crippen LogP contribution is 2.15. The normalized spacial score (nSPS) is 12.5. The summed E-state index contributed by atoms with van der Waals surface area (Å²) in [5, 5.41) is 0. The molecule has 0 aliphatic carbocycles. The van der Waals surface area contributed by atoms with Crippen LogP contribution in [0.2, 0.25) is 0 Å². The predicted octanol–water partition coefficient (Wildman–Crippen LogP) is 18.4. The molecule has 0 aliphatic rings. The van der Waals surface area contributed by atoms with Crippen molar-refractivity contribution in [3.05, 3.63) is 60.8 Å². The van der Waals surface area contributed by atoms with Crippen LogP contribution in [0.1, 0.15) is 278 Å². The Labute approximate surface area is 402 Å². The molecule has 1 unspecified atom stereocenters. The Morgan fingerprint density at radius 2 is 0.569 bits per heavy atom. The Morgan fingerprint density at radius 3 is 0.969 bits per heavy atom. The van der Waals surface area contributed by atoms with Crippen molar-refractivity contribution in [2.24, 2.45) is 0 Å². The molecule has 0 aromatic heterocycles. The molecule has 0 radical (unpaired) electrons. The first-order valence-electron chi connectivity index (χ1n) is 27.8. The van der Waals surface area contributed by atoms with Crippen LogP contribution in [0.3, 0.4) is 0 Å². The molecule has 0 saturated carbocycles. The number of carbonyl (C=O) groups is 3. The lowest BCUT2D eigenvalue weighted by Crippen LogP contribution is -2.30. The van der Waals surface area contributed by atoms with E-state index >= 15 is 0 Å². The molecule has 0 spiro atoms. The van der Waals surface area contributed by atoms with Gasteiger partial charge in [0.15, 0.2) is 6.10 Å². The van der Waals surface area contributed by atoms with E-state index in [0.29, 0.717) is 19.3 Å². The van der Waals surface area contributed by atoms with Gasteiger partial charge in [-0.05, 0) is 83.5 Å². The average molecular weight is 909 g/mol. The van der Waals surface area contributed by atoms with Crippen molar-refractivity contribution in [2.45, 2.75) is 284 Å². The van der Waals surface area contributed by atoms with Crippen LogP contribution in [-0.2, 0) is 28.6 Å². The number of carbonyl (C=O) groups excluding carboxylic acids is 3. The van der Waals surface area contributed by atoms with Crippen LogP contribution in [0.4, 0.5) is 0 Å². The van der Waals surface area contributed by atoms with Crippen LogP contribution in [0.15, 0.2) is 60.8 Å². The molecule has 0 aliphatic heterocycles. The SMILES string of the molecule is CCCCC/C=C\C/C=C\C/C=C\C/C=C\CCCC(=O)OCC(COC(=O)CCCCCCCCCCCCCCCC)OC(=O)CCCCCCC/C=C\CCCCCCCCC. The Hall–Kier alpha value is -2.89. The highest BCUT2D eigenvalue weighted by atomic mass is 16.6. The van der Waals surface area contributed by atoms with E-state index < -0.39 is 6.10 Å². The molecular weight excluding hydrogens is 805 g/mol. The maximum atomic E-state index is 12.8. The standard InChI is InChI=1S/C59H104O6/c1-4-7-10-13-16-19-22-25-28-30-32-34-37-40-43-46-49-52-58(61)64-55-56(54-63-57(60)51-48-45-42-39-36-33-27-24-21-18-15-12-9-6-3)65-59(62)53-50-47-44-41-38-35-31-29-26-23-20-17-14-11-8-5-2/h16,19,25,28-29,31-32,34,40,43,56H,4-15,17-18,20-24,26-27,30,33,35-39,41-42,44-55H2,1-3H3/b19-16-,28-25-,31-29-,34-32-,43-40-. The lowest BCUT2D eigenvalue weighted by atomic mass is 10.0. The monoisotopic (exact) mass is 909 g/mol. The summed E-state index contributed by atoms with van der Waals surface area (Å²) in [6.07, 6.45) is 66.4. The van der Waals surface area contributed by atoms with Crippen molar-refractivity contribution in [3.63, 3.8) is 0 Å². The van der Waals surface area contributed by atoms with Gasteiger partial charge in [-0.2, -0.15) is 0 Å². The van der Waals surface area contributed by atoms with Crippen LogP contribution >= 0.6 is 0 Å². The summed E-state index contributed by atoms with van der Waals surface area (Å²) >= 11 is 0. The Morgan fingerprint density at radius 1 is 0.308 bits per heavy atom. The molecule has 0 rings (SSSR count). The molecule has 0 bridgehead atoms. The van der Waals surface area contributed by atoms with Crippen molar-refractivity contribution in [1.29, 1.82) is 0 Å². The molecule has 1 atom stereocenters. The Balaban J connectivity index is 4.46. The van der Waals surface area contributed by atoms with Crippen LogP contribution in [-0.4, -0.2) is 37.2 Å². The van der Waals surface area contributed by atoms with Gasteiger partial charge in [-0.1, -0.05) is 236 Å². The van der Waals surface area contributed by atoms with Crippen LogP contribution < -0.4 is 0 Å². The maximum absolute atomic E-state index is 12.8. The second-order valence-corrected chi connectivity index (χ2v) is 18.5. The minimum Gasteiger partial charge on any atom is -0.462 e. The van der Waals surface area contributed by atoms with E-state index in [1.165, 1.54) is 154 Å². The molecule has 0 saturated heterocycles. The average Bonchev–Trinajstić information content (AvgIpc) is 3.30. The van der Waals surface area contributed by atoms with Crippen molar-refractivity contribution < 1.29 is 28.6 Å². The topological polar surface area (TPSA) is 78.9 Å². The zero-order chi connectivity index (χ0) is 47.2. The highest BCUT2D eigenvalue weighted by molar-refractivity contribution is 5.71. The summed E-state index contributed by atoms with van der Waals surface area (Å²) in [5.41, 5.74) is 0. The number of hydrogen-bond donors (Lipinski definition) is 0. The van der Waals surface area contributed by atoms with E-state index in [9.17, 15) is 14.4 Å². The highest BCUT2D eigenvalue weighted by Gasteiger charge is 2.19. The summed E-state index contributed by atoms with van der Waals surface area (Å²) in [7, 11) is 0. The fraction of sp³-hybridized carbons (Fsp3) is 0.780. The van der Waals surface area contributed by atoms with E-state index in [4.69, 9.17) is 14.2 Å². The largest absolute Gasteiger partial charge is 0.462 e. The molecule has 0 N–H and O–H groups in total. The molecule has 0 fully saturated rings. The fourth-order valence-corrected chi connectivity index (χ4v) is 7.78. The molecule has 0 aromatic rings. The number of esters is 3. The summed E-state index contributed by atoms with van der Waals surface area (Å²) in [6.45, 7) is 6.57. The second-order valence-electron chi connectivity index (χ2n) is 18.5. The summed E-state index contributed by atoms with van der Waals surface area (Å²) in [5.74, 6) is -0.950. The zero-order valence-corrected chi connectivity index (χ0v) is 43.0. The number of allylic oxidation sites excluding steroid dienone is 10. The van der Waals surface area contributed by atoms with Gasteiger partial charge in [0.1, 0.15) is 13.2 Å². The van der Waals surface area contributed by atoms with Crippen molar-refractivity contribution in [1.82, 2.24) is 0 Å². The van der Waals surface area contributed by atoms with E-state index in [2.05, 4.69) is 81.5 Å². The molecule has 0 aromatic carbocycles. The molecule has 376 valence electrons. The van der Waals surface area contributed by atoms with E-state index in [1.807, 2.05) is 0 Å². The van der Waals surface area contributed by atoms with Gasteiger partial charge in [-0.25, -0.2) is 0 Å². The van der Waals surface area contributed by atoms with Crippen molar-refractivity contribution >= 4 is 17.9 Å². The lowest BCUT2D eigenvalue weighted by Gasteiger charge is -2.18. The van der Waals surface area contributed by atoms with E-state index in [1.54, 1.807) is 0 Å². The molecule has 65 heavy (non-hydrogen) atoms. The Kier molecular flexibility index (Phi) is 51.3. The molecule has 6 heteroatoms. The smallest absolute Gasteiger partial charge is 0.306 e. The predicted molar refractivity (Wildman–Crippen MR) is 279 cm³/mol. The number of ether oxygens (including phenoxy) is 3. The van der Waals surface area contributed by atoms with Gasteiger partial charge in [-0.3, -0.25) is 14.4 Å².